The second-order valence-electron chi connectivity index (χ2n) is 6.13. The fourth-order valence-corrected chi connectivity index (χ4v) is 3.37. The summed E-state index contributed by atoms with van der Waals surface area (Å²) >= 11 is 12.3. The number of amides is 1. The van der Waals surface area contributed by atoms with Crippen molar-refractivity contribution in [3.63, 3.8) is 0 Å². The monoisotopic (exact) mass is 428 g/mol. The minimum Gasteiger partial charge on any atom is -0.483 e. The summed E-state index contributed by atoms with van der Waals surface area (Å²) in [4.78, 5) is 23.6. The Kier molecular flexibility index (Phi) is 6.23. The molecule has 8 heteroatoms. The third-order valence-electron chi connectivity index (χ3n) is 4.06. The molecule has 0 spiro atoms. The van der Waals surface area contributed by atoms with E-state index in [0.717, 1.165) is 5.56 Å². The average Bonchev–Trinajstić information content (AvgIpc) is 2.67. The topological polar surface area (TPSA) is 99.4 Å². The molecule has 0 fully saturated rings. The zero-order chi connectivity index (χ0) is 21.0. The first-order chi connectivity index (χ1) is 13.9. The van der Waals surface area contributed by atoms with Crippen molar-refractivity contribution in [1.29, 1.82) is 5.26 Å². The van der Waals surface area contributed by atoms with Crippen LogP contribution in [-0.2, 0) is 11.2 Å². The van der Waals surface area contributed by atoms with Crippen molar-refractivity contribution in [3.8, 4) is 11.8 Å². The van der Waals surface area contributed by atoms with Crippen LogP contribution in [0.5, 0.6) is 5.75 Å². The molecule has 3 aromatic rings. The van der Waals surface area contributed by atoms with Crippen molar-refractivity contribution in [3.05, 3.63) is 69.7 Å². The highest BCUT2D eigenvalue weighted by atomic mass is 35.5. The molecular formula is C21H14Cl2N2O4. The van der Waals surface area contributed by atoms with Crippen LogP contribution >= 0.6 is 23.2 Å². The maximum Gasteiger partial charge on any atom is 0.335 e. The van der Waals surface area contributed by atoms with Crippen LogP contribution in [0.3, 0.4) is 0 Å². The van der Waals surface area contributed by atoms with E-state index in [1.807, 2.05) is 6.07 Å². The summed E-state index contributed by atoms with van der Waals surface area (Å²) < 4.78 is 5.58. The standard InChI is InChI=1S/C21H14Cl2N2O4/c22-15-8-13-7-14(21(27)28)9-18(20(13)17(23)10-15)29-11-19(26)25-16-3-1-12(2-4-16)5-6-24/h1-4,7-10H,5,11H2,(H,25,26)(H,27,28). The Morgan fingerprint density at radius 2 is 1.83 bits per heavy atom. The van der Waals surface area contributed by atoms with E-state index < -0.39 is 11.9 Å². The van der Waals surface area contributed by atoms with Gasteiger partial charge in [0.25, 0.3) is 5.91 Å². The van der Waals surface area contributed by atoms with E-state index in [2.05, 4.69) is 5.32 Å². The Morgan fingerprint density at radius 1 is 1.10 bits per heavy atom. The predicted octanol–water partition coefficient (Wildman–Crippen LogP) is 4.93. The van der Waals surface area contributed by atoms with Crippen molar-refractivity contribution in [2.45, 2.75) is 6.42 Å². The molecule has 0 heterocycles. The lowest BCUT2D eigenvalue weighted by molar-refractivity contribution is -0.118. The molecule has 1 amide bonds. The molecule has 0 bridgehead atoms. The Hall–Kier alpha value is -3.27. The van der Waals surface area contributed by atoms with Crippen molar-refractivity contribution >= 4 is 51.5 Å². The smallest absolute Gasteiger partial charge is 0.335 e. The molecule has 2 N–H and O–H groups in total. The number of nitriles is 1. The summed E-state index contributed by atoms with van der Waals surface area (Å²) in [6.45, 7) is -0.350. The molecule has 0 saturated carbocycles. The van der Waals surface area contributed by atoms with Crippen molar-refractivity contribution in [1.82, 2.24) is 0 Å². The molecule has 0 unspecified atom stereocenters. The van der Waals surface area contributed by atoms with Gasteiger partial charge < -0.3 is 15.2 Å². The van der Waals surface area contributed by atoms with Gasteiger partial charge in [0.05, 0.1) is 23.1 Å². The van der Waals surface area contributed by atoms with Crippen LogP contribution in [0.15, 0.2) is 48.5 Å². The summed E-state index contributed by atoms with van der Waals surface area (Å²) in [5.74, 6) is -1.41. The highest BCUT2D eigenvalue weighted by Crippen LogP contribution is 2.36. The van der Waals surface area contributed by atoms with Gasteiger partial charge in [0.2, 0.25) is 0 Å². The number of aromatic carboxylic acids is 1. The third-order valence-corrected chi connectivity index (χ3v) is 4.57. The first kappa shape index (κ1) is 20.5. The average molecular weight is 429 g/mol. The highest BCUT2D eigenvalue weighted by Gasteiger charge is 2.15. The lowest BCUT2D eigenvalue weighted by Gasteiger charge is -2.13. The van der Waals surface area contributed by atoms with E-state index >= 15 is 0 Å². The summed E-state index contributed by atoms with van der Waals surface area (Å²) in [5.41, 5.74) is 1.38. The Labute approximate surface area is 176 Å². The zero-order valence-electron chi connectivity index (χ0n) is 14.9. The van der Waals surface area contributed by atoms with E-state index in [1.54, 1.807) is 30.3 Å². The van der Waals surface area contributed by atoms with Gasteiger partial charge in [-0.1, -0.05) is 35.3 Å². The molecule has 0 radical (unpaired) electrons. The molecule has 0 aliphatic carbocycles. The number of carbonyl (C=O) groups excluding carboxylic acids is 1. The summed E-state index contributed by atoms with van der Waals surface area (Å²) in [7, 11) is 0. The molecule has 6 nitrogen and oxygen atoms in total. The molecule has 0 aliphatic heterocycles. The van der Waals surface area contributed by atoms with E-state index in [0.29, 0.717) is 21.5 Å². The number of halogens is 2. The van der Waals surface area contributed by atoms with Crippen molar-refractivity contribution in [2.75, 3.05) is 11.9 Å². The maximum atomic E-state index is 12.2. The van der Waals surface area contributed by atoms with Gasteiger partial charge >= 0.3 is 5.97 Å². The van der Waals surface area contributed by atoms with E-state index in [9.17, 15) is 14.7 Å². The zero-order valence-corrected chi connectivity index (χ0v) is 16.4. The highest BCUT2D eigenvalue weighted by molar-refractivity contribution is 6.39. The number of hydrogen-bond donors (Lipinski definition) is 2. The van der Waals surface area contributed by atoms with E-state index in [1.165, 1.54) is 18.2 Å². The van der Waals surface area contributed by atoms with Crippen LogP contribution in [0.25, 0.3) is 10.8 Å². The number of carboxylic acid groups (broad SMARTS) is 1. The number of rotatable bonds is 6. The van der Waals surface area contributed by atoms with Crippen LogP contribution in [0, 0.1) is 11.3 Å². The van der Waals surface area contributed by atoms with Crippen LogP contribution in [0.2, 0.25) is 10.0 Å². The summed E-state index contributed by atoms with van der Waals surface area (Å²) in [6.07, 6.45) is 0.287. The Morgan fingerprint density at radius 3 is 2.48 bits per heavy atom. The first-order valence-electron chi connectivity index (χ1n) is 8.42. The Bertz CT molecular complexity index is 1140. The fourth-order valence-electron chi connectivity index (χ4n) is 2.76. The van der Waals surface area contributed by atoms with Gasteiger partial charge in [-0.3, -0.25) is 4.79 Å². The van der Waals surface area contributed by atoms with Crippen molar-refractivity contribution < 1.29 is 19.4 Å². The van der Waals surface area contributed by atoms with E-state index in [4.69, 9.17) is 33.2 Å². The first-order valence-corrected chi connectivity index (χ1v) is 9.17. The number of anilines is 1. The minimum atomic E-state index is -1.14. The van der Waals surface area contributed by atoms with Gasteiger partial charge in [-0.25, -0.2) is 4.79 Å². The quantitative estimate of drug-likeness (QED) is 0.579. The van der Waals surface area contributed by atoms with Gasteiger partial charge in [-0.15, -0.1) is 0 Å². The molecule has 0 aliphatic rings. The summed E-state index contributed by atoms with van der Waals surface area (Å²) in [5, 5.41) is 22.3. The number of ether oxygens (including phenoxy) is 1. The maximum absolute atomic E-state index is 12.2. The number of hydrogen-bond acceptors (Lipinski definition) is 4. The fraction of sp³-hybridized carbons (Fsp3) is 0.0952. The number of fused-ring (bicyclic) bond motifs is 1. The number of benzene rings is 3. The number of nitrogens with zero attached hydrogens (tertiary/aromatic N) is 1. The second kappa shape index (κ2) is 8.82. The molecule has 146 valence electrons. The molecule has 3 rings (SSSR count). The summed E-state index contributed by atoms with van der Waals surface area (Å²) in [6, 6.07) is 14.7. The lowest BCUT2D eigenvalue weighted by Crippen LogP contribution is -2.20. The van der Waals surface area contributed by atoms with Gasteiger partial charge in [0.1, 0.15) is 5.75 Å². The number of carboxylic acids is 1. The molecule has 0 aromatic heterocycles. The molecule has 0 atom stereocenters. The second-order valence-corrected chi connectivity index (χ2v) is 6.98. The van der Waals surface area contributed by atoms with Gasteiger partial charge in [0.15, 0.2) is 6.61 Å². The molecule has 0 saturated heterocycles. The normalized spacial score (nSPS) is 10.4. The van der Waals surface area contributed by atoms with Crippen molar-refractivity contribution in [2.24, 2.45) is 0 Å². The van der Waals surface area contributed by atoms with E-state index in [-0.39, 0.29) is 29.4 Å². The third kappa shape index (κ3) is 4.96. The largest absolute Gasteiger partial charge is 0.483 e. The predicted molar refractivity (Wildman–Crippen MR) is 111 cm³/mol. The number of nitrogens with one attached hydrogen (secondary N) is 1. The SMILES string of the molecule is N#CCc1ccc(NC(=O)COc2cc(C(=O)O)cc3cc(Cl)cc(Cl)c23)cc1. The van der Waals surface area contributed by atoms with Crippen LogP contribution in [-0.4, -0.2) is 23.6 Å². The van der Waals surface area contributed by atoms with Crippen LogP contribution in [0.1, 0.15) is 15.9 Å². The molecular weight excluding hydrogens is 415 g/mol. The Balaban J connectivity index is 1.79. The number of carbonyl (C=O) groups is 2. The molecule has 3 aromatic carbocycles. The van der Waals surface area contributed by atoms with Crippen LogP contribution < -0.4 is 10.1 Å². The molecule has 29 heavy (non-hydrogen) atoms. The van der Waals surface area contributed by atoms with Crippen LogP contribution in [0.4, 0.5) is 5.69 Å². The van der Waals surface area contributed by atoms with Gasteiger partial charge in [-0.05, 0) is 47.3 Å². The van der Waals surface area contributed by atoms with Gasteiger partial charge in [0, 0.05) is 16.1 Å². The lowest BCUT2D eigenvalue weighted by atomic mass is 10.1. The van der Waals surface area contributed by atoms with Gasteiger partial charge in [-0.2, -0.15) is 5.26 Å². The minimum absolute atomic E-state index is 0.0145.